The molecule has 0 aromatic rings. The summed E-state index contributed by atoms with van der Waals surface area (Å²) in [4.78, 5) is 47.6. The Balaban J connectivity index is 5.22. The van der Waals surface area contributed by atoms with Crippen molar-refractivity contribution in [1.29, 1.82) is 0 Å². The Labute approximate surface area is 256 Å². The summed E-state index contributed by atoms with van der Waals surface area (Å²) >= 11 is 34.0. The maximum atomic E-state index is 11.9. The van der Waals surface area contributed by atoms with Crippen LogP contribution in [0.25, 0.3) is 0 Å². The van der Waals surface area contributed by atoms with Crippen molar-refractivity contribution < 1.29 is 19.2 Å². The molecule has 4 nitrogen and oxygen atoms in total. The van der Waals surface area contributed by atoms with E-state index in [1.54, 1.807) is 47.0 Å². The maximum absolute atomic E-state index is 11.9. The summed E-state index contributed by atoms with van der Waals surface area (Å²) in [5, 5.41) is 2.28. The summed E-state index contributed by atoms with van der Waals surface area (Å²) in [5.41, 5.74) is 0. The molecule has 0 rings (SSSR count). The highest BCUT2D eigenvalue weighted by Gasteiger charge is 2.33. The number of halogens is 4. The molecule has 0 bridgehead atoms. The van der Waals surface area contributed by atoms with Crippen molar-refractivity contribution in [3.8, 4) is 0 Å². The molecule has 0 aromatic heterocycles. The van der Waals surface area contributed by atoms with Crippen LogP contribution in [0.4, 0.5) is 0 Å². The lowest BCUT2D eigenvalue weighted by atomic mass is 10.6. The molecule has 0 fully saturated rings. The monoisotopic (exact) mass is 702 g/mol. The summed E-state index contributed by atoms with van der Waals surface area (Å²) < 4.78 is -0.419. The van der Waals surface area contributed by atoms with Crippen molar-refractivity contribution in [2.45, 2.75) is 29.1 Å². The van der Waals surface area contributed by atoms with Gasteiger partial charge in [-0.15, -0.1) is 93.5 Å². The quantitative estimate of drug-likeness (QED) is 0.0662. The molecule has 0 aromatic carbocycles. The summed E-state index contributed by atoms with van der Waals surface area (Å²) in [5.74, 6) is 1.82. The highest BCUT2D eigenvalue weighted by molar-refractivity contribution is 8.42. The highest BCUT2D eigenvalue weighted by atomic mass is 35.5. The van der Waals surface area contributed by atoms with Crippen LogP contribution in [0.5, 0.6) is 0 Å². The average Bonchev–Trinajstić information content (AvgIpc) is 2.77. The van der Waals surface area contributed by atoms with Crippen LogP contribution in [-0.4, -0.2) is 73.5 Å². The first-order valence-electron chi connectivity index (χ1n) is 9.68. The first kappa shape index (κ1) is 36.6. The Morgan fingerprint density at radius 3 is 1.09 bits per heavy atom. The van der Waals surface area contributed by atoms with Gasteiger partial charge in [-0.2, -0.15) is 0 Å². The molecule has 0 heterocycles. The van der Waals surface area contributed by atoms with Gasteiger partial charge in [0.2, 0.25) is 0 Å². The van der Waals surface area contributed by atoms with Gasteiger partial charge < -0.3 is 0 Å². The Morgan fingerprint density at radius 2 is 0.794 bits per heavy atom. The van der Waals surface area contributed by atoms with Crippen LogP contribution in [0.15, 0.2) is 0 Å². The lowest BCUT2D eigenvalue weighted by Crippen LogP contribution is -2.21. The van der Waals surface area contributed by atoms with Crippen LogP contribution >= 0.6 is 140 Å². The van der Waals surface area contributed by atoms with Gasteiger partial charge in [-0.3, -0.25) is 19.2 Å². The van der Waals surface area contributed by atoms with Gasteiger partial charge in [0.15, 0.2) is 20.5 Å². The lowest BCUT2D eigenvalue weighted by Gasteiger charge is -2.31. The molecule has 0 aliphatic rings. The van der Waals surface area contributed by atoms with E-state index in [1.165, 1.54) is 47.0 Å². The summed E-state index contributed by atoms with van der Waals surface area (Å²) in [6.45, 7) is 0. The van der Waals surface area contributed by atoms with E-state index in [0.717, 1.165) is 0 Å². The van der Waals surface area contributed by atoms with E-state index >= 15 is 0 Å². The molecule has 0 aliphatic heterocycles. The number of rotatable bonds is 21. The fourth-order valence-corrected chi connectivity index (χ4v) is 15.0. The minimum atomic E-state index is -0.419. The van der Waals surface area contributed by atoms with Crippen LogP contribution in [0.2, 0.25) is 0 Å². The SMILES string of the molecule is O=C(CCCl)SCSCC(SCSC(=O)CCCl)(SCSC(=O)CCCl)SCSC(=O)CCCl. The van der Waals surface area contributed by atoms with Gasteiger partial charge in [-0.1, -0.05) is 47.0 Å². The zero-order valence-corrected chi connectivity index (χ0v) is 27.7. The van der Waals surface area contributed by atoms with Crippen molar-refractivity contribution in [1.82, 2.24) is 0 Å². The predicted octanol–water partition coefficient (Wildman–Crippen LogP) is 7.96. The van der Waals surface area contributed by atoms with Crippen molar-refractivity contribution in [2.75, 3.05) is 49.6 Å². The van der Waals surface area contributed by atoms with Gasteiger partial charge in [0, 0.05) is 75.3 Å². The average molecular weight is 705 g/mol. The second kappa shape index (κ2) is 24.7. The molecule has 0 spiro atoms. The van der Waals surface area contributed by atoms with Crippen molar-refractivity contribution in [3.63, 3.8) is 0 Å². The van der Waals surface area contributed by atoms with Crippen molar-refractivity contribution >= 4 is 161 Å². The van der Waals surface area contributed by atoms with Gasteiger partial charge >= 0.3 is 0 Å². The zero-order chi connectivity index (χ0) is 25.7. The minimum Gasteiger partial charge on any atom is -0.287 e. The third-order valence-electron chi connectivity index (χ3n) is 3.27. The molecule has 16 heteroatoms. The van der Waals surface area contributed by atoms with E-state index in [-0.39, 0.29) is 38.1 Å². The third kappa shape index (κ3) is 20.6. The Morgan fingerprint density at radius 1 is 0.500 bits per heavy atom. The molecule has 0 amide bonds. The van der Waals surface area contributed by atoms with Crippen molar-refractivity contribution in [3.05, 3.63) is 0 Å². The van der Waals surface area contributed by atoms with E-state index in [9.17, 15) is 19.2 Å². The topological polar surface area (TPSA) is 68.3 Å². The van der Waals surface area contributed by atoms with Gasteiger partial charge in [0.1, 0.15) is 3.41 Å². The largest absolute Gasteiger partial charge is 0.287 e. The fourth-order valence-electron chi connectivity index (χ4n) is 1.68. The smallest absolute Gasteiger partial charge is 0.190 e. The van der Waals surface area contributed by atoms with E-state index in [2.05, 4.69) is 0 Å². The molecule has 0 N–H and O–H groups in total. The molecule has 0 atom stereocenters. The number of carbonyl (C=O) groups excluding carboxylic acids is 4. The van der Waals surface area contributed by atoms with Crippen LogP contribution in [0.3, 0.4) is 0 Å². The summed E-state index contributed by atoms with van der Waals surface area (Å²) in [7, 11) is 0. The van der Waals surface area contributed by atoms with Gasteiger partial charge in [-0.25, -0.2) is 0 Å². The predicted molar refractivity (Wildman–Crippen MR) is 169 cm³/mol. The number of hydrogen-bond donors (Lipinski definition) is 0. The molecule has 34 heavy (non-hydrogen) atoms. The molecule has 0 unspecified atom stereocenters. The molecule has 198 valence electrons. The maximum Gasteiger partial charge on any atom is 0.190 e. The van der Waals surface area contributed by atoms with Gasteiger partial charge in [0.25, 0.3) is 0 Å². The van der Waals surface area contributed by atoms with Crippen LogP contribution in [-0.2, 0) is 19.2 Å². The molecule has 0 aliphatic carbocycles. The summed E-state index contributed by atoms with van der Waals surface area (Å²) in [6, 6.07) is 0. The Hall–Kier alpha value is 2.64. The van der Waals surface area contributed by atoms with Crippen molar-refractivity contribution in [2.24, 2.45) is 0 Å². The molecule has 0 radical (unpaired) electrons. The Bertz CT molecular complexity index is 559. The number of hydrogen-bond acceptors (Lipinski definition) is 12. The second-order valence-corrected chi connectivity index (χ2v) is 18.4. The number of thioether (sulfide) groups is 8. The standard InChI is InChI=1S/C18H26Cl4O4S8/c19-5-1-14(23)28-10-27-9-18(32-11-29-15(24)2-6-20,33-12-30-16(25)3-7-21)34-13-31-17(26)4-8-22/h1-13H2. The molecular formula is C18H26Cl4O4S8. The number of carbonyl (C=O) groups is 4. The first-order valence-corrected chi connectivity index (χ1v) is 19.9. The van der Waals surface area contributed by atoms with Crippen LogP contribution < -0.4 is 0 Å². The van der Waals surface area contributed by atoms with E-state index in [0.29, 0.717) is 57.7 Å². The molecular weight excluding hydrogens is 679 g/mol. The van der Waals surface area contributed by atoms with E-state index in [1.807, 2.05) is 0 Å². The lowest BCUT2D eigenvalue weighted by molar-refractivity contribution is -0.111. The fraction of sp³-hybridized carbons (Fsp3) is 0.778. The normalized spacial score (nSPS) is 11.5. The first-order chi connectivity index (χ1) is 16.3. The molecule has 0 saturated heterocycles. The Kier molecular flexibility index (Phi) is 26.6. The minimum absolute atomic E-state index is 0.0274. The number of alkyl halides is 4. The highest BCUT2D eigenvalue weighted by Crippen LogP contribution is 2.52. The zero-order valence-electron chi connectivity index (χ0n) is 18.1. The second-order valence-electron chi connectivity index (χ2n) is 5.76. The van der Waals surface area contributed by atoms with Crippen LogP contribution in [0, 0.1) is 0 Å². The molecule has 0 saturated carbocycles. The third-order valence-corrected chi connectivity index (χ3v) is 15.2. The van der Waals surface area contributed by atoms with E-state index in [4.69, 9.17) is 46.4 Å². The van der Waals surface area contributed by atoms with Crippen LogP contribution in [0.1, 0.15) is 25.7 Å². The van der Waals surface area contributed by atoms with Gasteiger partial charge in [-0.05, 0) is 0 Å². The summed E-state index contributed by atoms with van der Waals surface area (Å²) in [6.07, 6.45) is 1.24. The van der Waals surface area contributed by atoms with Gasteiger partial charge in [0.05, 0.1) is 0 Å². The van der Waals surface area contributed by atoms with E-state index < -0.39 is 3.41 Å².